The van der Waals surface area contributed by atoms with Gasteiger partial charge < -0.3 is 9.15 Å². The van der Waals surface area contributed by atoms with E-state index in [9.17, 15) is 4.79 Å². The van der Waals surface area contributed by atoms with Crippen LogP contribution in [0.1, 0.15) is 29.5 Å². The first-order valence-corrected chi connectivity index (χ1v) is 8.96. The van der Waals surface area contributed by atoms with E-state index in [2.05, 4.69) is 15.9 Å². The molecule has 4 rings (SSSR count). The molecular weight excluding hydrogens is 368 g/mol. The van der Waals surface area contributed by atoms with Crippen LogP contribution in [0.5, 0.6) is 5.75 Å². The maximum atomic E-state index is 12.2. The lowest BCUT2D eigenvalue weighted by atomic mass is 9.91. The van der Waals surface area contributed by atoms with Crippen molar-refractivity contribution in [3.8, 4) is 5.75 Å². The van der Waals surface area contributed by atoms with E-state index in [0.29, 0.717) is 17.9 Å². The molecule has 0 saturated carbocycles. The highest BCUT2D eigenvalue weighted by Gasteiger charge is 2.18. The summed E-state index contributed by atoms with van der Waals surface area (Å²) < 4.78 is 12.4. The molecule has 3 aromatic rings. The molecule has 4 heteroatoms. The Balaban J connectivity index is 1.63. The molecule has 1 aromatic heterocycles. The molecule has 3 nitrogen and oxygen atoms in total. The van der Waals surface area contributed by atoms with Crippen LogP contribution in [0.15, 0.2) is 56.1 Å². The lowest BCUT2D eigenvalue weighted by Gasteiger charge is -2.16. The molecule has 0 atom stereocenters. The van der Waals surface area contributed by atoms with Crippen molar-refractivity contribution in [2.45, 2.75) is 32.3 Å². The molecule has 0 fully saturated rings. The molecule has 122 valence electrons. The van der Waals surface area contributed by atoms with Crippen molar-refractivity contribution in [1.82, 2.24) is 0 Å². The van der Waals surface area contributed by atoms with Crippen LogP contribution < -0.4 is 10.4 Å². The van der Waals surface area contributed by atoms with Crippen LogP contribution in [0.2, 0.25) is 0 Å². The first-order chi connectivity index (χ1) is 11.7. The van der Waals surface area contributed by atoms with Crippen molar-refractivity contribution in [3.05, 3.63) is 74.0 Å². The highest BCUT2D eigenvalue weighted by molar-refractivity contribution is 9.10. The fourth-order valence-corrected chi connectivity index (χ4v) is 3.53. The smallest absolute Gasteiger partial charge is 0.339 e. The monoisotopic (exact) mass is 384 g/mol. The summed E-state index contributed by atoms with van der Waals surface area (Å²) in [6.07, 6.45) is 3.98. The topological polar surface area (TPSA) is 39.4 Å². The van der Waals surface area contributed by atoms with E-state index in [-0.39, 0.29) is 5.63 Å². The van der Waals surface area contributed by atoms with Gasteiger partial charge in [-0.15, -0.1) is 0 Å². The molecule has 0 saturated heterocycles. The van der Waals surface area contributed by atoms with Gasteiger partial charge in [0.05, 0.1) is 0 Å². The first kappa shape index (κ1) is 15.5. The quantitative estimate of drug-likeness (QED) is 0.595. The largest absolute Gasteiger partial charge is 0.489 e. The summed E-state index contributed by atoms with van der Waals surface area (Å²) in [6, 6.07) is 13.8. The molecule has 0 bridgehead atoms. The van der Waals surface area contributed by atoms with Gasteiger partial charge in [0.1, 0.15) is 17.9 Å². The van der Waals surface area contributed by atoms with Crippen molar-refractivity contribution in [3.63, 3.8) is 0 Å². The predicted octanol–water partition coefficient (Wildman–Crippen LogP) is 5.01. The summed E-state index contributed by atoms with van der Waals surface area (Å²) in [5.41, 5.74) is 3.53. The zero-order chi connectivity index (χ0) is 16.5. The zero-order valence-electron chi connectivity index (χ0n) is 13.2. The van der Waals surface area contributed by atoms with Gasteiger partial charge in [-0.05, 0) is 61.1 Å². The van der Waals surface area contributed by atoms with Crippen LogP contribution in [0.3, 0.4) is 0 Å². The molecule has 0 amide bonds. The van der Waals surface area contributed by atoms with Crippen LogP contribution in [0.4, 0.5) is 0 Å². The minimum atomic E-state index is -0.192. The van der Waals surface area contributed by atoms with Crippen molar-refractivity contribution < 1.29 is 9.15 Å². The summed E-state index contributed by atoms with van der Waals surface area (Å²) in [5, 5.41) is 1.04. The lowest BCUT2D eigenvalue weighted by Crippen LogP contribution is -2.15. The number of ether oxygens (including phenoxy) is 1. The van der Waals surface area contributed by atoms with E-state index < -0.39 is 0 Å². The number of aryl methyl sites for hydroxylation is 1. The molecule has 0 radical (unpaired) electrons. The fraction of sp³-hybridized carbons (Fsp3) is 0.250. The molecule has 1 aliphatic rings. The Kier molecular flexibility index (Phi) is 4.15. The van der Waals surface area contributed by atoms with E-state index >= 15 is 0 Å². The number of hydrogen-bond donors (Lipinski definition) is 0. The van der Waals surface area contributed by atoms with Crippen molar-refractivity contribution in [2.24, 2.45) is 0 Å². The number of halogens is 1. The molecule has 2 aromatic carbocycles. The minimum absolute atomic E-state index is 0.192. The van der Waals surface area contributed by atoms with Gasteiger partial charge in [0, 0.05) is 21.5 Å². The summed E-state index contributed by atoms with van der Waals surface area (Å²) in [4.78, 5) is 12.2. The second-order valence-corrected chi connectivity index (χ2v) is 7.04. The normalized spacial score (nSPS) is 13.7. The Bertz CT molecular complexity index is 941. The zero-order valence-corrected chi connectivity index (χ0v) is 14.8. The number of rotatable bonds is 3. The van der Waals surface area contributed by atoms with Gasteiger partial charge in [-0.1, -0.05) is 28.1 Å². The molecule has 0 unspecified atom stereocenters. The summed E-state index contributed by atoms with van der Waals surface area (Å²) in [5.74, 6) is 0.712. The average Bonchev–Trinajstić information content (AvgIpc) is 2.61. The highest BCUT2D eigenvalue weighted by atomic mass is 79.9. The number of benzene rings is 2. The van der Waals surface area contributed by atoms with Crippen LogP contribution in [0, 0.1) is 0 Å². The standard InChI is InChI=1S/C20H17BrO3/c21-14-7-5-13(6-8-14)12-23-15-9-10-17-16-3-1-2-4-18(16)20(22)24-19(17)11-15/h5-11H,1-4,12H2. The van der Waals surface area contributed by atoms with Crippen molar-refractivity contribution >= 4 is 26.9 Å². The van der Waals surface area contributed by atoms with Gasteiger partial charge in [0.15, 0.2) is 0 Å². The van der Waals surface area contributed by atoms with Gasteiger partial charge in [0.2, 0.25) is 0 Å². The van der Waals surface area contributed by atoms with E-state index in [0.717, 1.165) is 52.2 Å². The average molecular weight is 385 g/mol. The van der Waals surface area contributed by atoms with Crippen molar-refractivity contribution in [1.29, 1.82) is 0 Å². The molecule has 0 spiro atoms. The van der Waals surface area contributed by atoms with Crippen LogP contribution >= 0.6 is 15.9 Å². The summed E-state index contributed by atoms with van der Waals surface area (Å²) >= 11 is 3.42. The molecule has 1 aliphatic carbocycles. The van der Waals surface area contributed by atoms with Crippen LogP contribution in [0.25, 0.3) is 11.0 Å². The third-order valence-corrected chi connectivity index (χ3v) is 5.04. The minimum Gasteiger partial charge on any atom is -0.489 e. The van der Waals surface area contributed by atoms with Crippen molar-refractivity contribution in [2.75, 3.05) is 0 Å². The van der Waals surface area contributed by atoms with Gasteiger partial charge >= 0.3 is 5.63 Å². The van der Waals surface area contributed by atoms with E-state index in [4.69, 9.17) is 9.15 Å². The second kappa shape index (κ2) is 6.44. The van der Waals surface area contributed by atoms with E-state index in [1.54, 1.807) is 0 Å². The Morgan fingerprint density at radius 2 is 1.75 bits per heavy atom. The van der Waals surface area contributed by atoms with Crippen LogP contribution in [-0.2, 0) is 19.4 Å². The molecule has 0 N–H and O–H groups in total. The third kappa shape index (κ3) is 2.98. The third-order valence-electron chi connectivity index (χ3n) is 4.51. The number of hydrogen-bond acceptors (Lipinski definition) is 3. The molecule has 0 aliphatic heterocycles. The van der Waals surface area contributed by atoms with E-state index in [1.807, 2.05) is 42.5 Å². The Hall–Kier alpha value is -2.07. The maximum absolute atomic E-state index is 12.2. The SMILES string of the molecule is O=c1oc2cc(OCc3ccc(Br)cc3)ccc2c2c1CCCC2. The Labute approximate surface area is 148 Å². The molecule has 1 heterocycles. The molecule has 24 heavy (non-hydrogen) atoms. The second-order valence-electron chi connectivity index (χ2n) is 6.13. The maximum Gasteiger partial charge on any atom is 0.339 e. The molecular formula is C20H17BrO3. The summed E-state index contributed by atoms with van der Waals surface area (Å²) in [7, 11) is 0. The Morgan fingerprint density at radius 3 is 2.54 bits per heavy atom. The van der Waals surface area contributed by atoms with Gasteiger partial charge in [-0.3, -0.25) is 0 Å². The van der Waals surface area contributed by atoms with Gasteiger partial charge in [-0.25, -0.2) is 4.79 Å². The lowest BCUT2D eigenvalue weighted by molar-refractivity contribution is 0.306. The first-order valence-electron chi connectivity index (χ1n) is 8.16. The Morgan fingerprint density at radius 1 is 1.00 bits per heavy atom. The van der Waals surface area contributed by atoms with Gasteiger partial charge in [0.25, 0.3) is 0 Å². The summed E-state index contributed by atoms with van der Waals surface area (Å²) in [6.45, 7) is 0.480. The fourth-order valence-electron chi connectivity index (χ4n) is 3.26. The highest BCUT2D eigenvalue weighted by Crippen LogP contribution is 2.29. The van der Waals surface area contributed by atoms with Gasteiger partial charge in [-0.2, -0.15) is 0 Å². The van der Waals surface area contributed by atoms with E-state index in [1.165, 1.54) is 0 Å². The van der Waals surface area contributed by atoms with Crippen LogP contribution in [-0.4, -0.2) is 0 Å². The predicted molar refractivity (Wildman–Crippen MR) is 97.6 cm³/mol. The number of fused-ring (bicyclic) bond motifs is 3.